The second-order valence-electron chi connectivity index (χ2n) is 8.23. The van der Waals surface area contributed by atoms with E-state index < -0.39 is 0 Å². The summed E-state index contributed by atoms with van der Waals surface area (Å²) in [5, 5.41) is 1.17. The van der Waals surface area contributed by atoms with Crippen molar-refractivity contribution in [2.24, 2.45) is 0 Å². The van der Waals surface area contributed by atoms with E-state index in [0.717, 1.165) is 49.2 Å². The second-order valence-corrected chi connectivity index (χ2v) is 8.23. The zero-order valence-corrected chi connectivity index (χ0v) is 17.5. The van der Waals surface area contributed by atoms with E-state index in [0.29, 0.717) is 19.6 Å². The minimum Gasteiger partial charge on any atom is -0.356 e. The third kappa shape index (κ3) is 3.72. The van der Waals surface area contributed by atoms with Gasteiger partial charge >= 0.3 is 0 Å². The van der Waals surface area contributed by atoms with Gasteiger partial charge < -0.3 is 19.3 Å². The number of anilines is 2. The minimum absolute atomic E-state index is 0.166. The van der Waals surface area contributed by atoms with Gasteiger partial charge in [-0.1, -0.05) is 18.2 Å². The largest absolute Gasteiger partial charge is 0.356 e. The summed E-state index contributed by atoms with van der Waals surface area (Å²) in [4.78, 5) is 28.9. The van der Waals surface area contributed by atoms with Crippen LogP contribution in [0.15, 0.2) is 42.6 Å². The summed E-state index contributed by atoms with van der Waals surface area (Å²) >= 11 is 0. The molecule has 3 aromatic rings. The molecule has 2 aliphatic heterocycles. The smallest absolute Gasteiger partial charge is 0.242 e. The molecule has 7 heteroatoms. The first-order valence-corrected chi connectivity index (χ1v) is 10.8. The lowest BCUT2D eigenvalue weighted by atomic mass is 10.2. The average molecular weight is 405 g/mol. The van der Waals surface area contributed by atoms with Crippen molar-refractivity contribution in [3.05, 3.63) is 48.3 Å². The molecule has 2 aliphatic rings. The molecule has 0 bridgehead atoms. The number of benzene rings is 1. The van der Waals surface area contributed by atoms with E-state index >= 15 is 0 Å². The SMILES string of the molecule is Cc1cc(N2CCCC2)nc(N2CCN(C(=O)Cn3ccc4ccccc43)CC2)n1. The molecule has 0 N–H and O–H groups in total. The third-order valence-corrected chi connectivity index (χ3v) is 6.16. The van der Waals surface area contributed by atoms with Crippen molar-refractivity contribution in [2.45, 2.75) is 26.3 Å². The van der Waals surface area contributed by atoms with Gasteiger partial charge in [0.2, 0.25) is 11.9 Å². The maximum atomic E-state index is 12.9. The molecule has 0 saturated carbocycles. The van der Waals surface area contributed by atoms with Crippen molar-refractivity contribution >= 4 is 28.6 Å². The van der Waals surface area contributed by atoms with Crippen LogP contribution in [0.3, 0.4) is 0 Å². The van der Waals surface area contributed by atoms with E-state index in [9.17, 15) is 4.79 Å². The molecule has 4 heterocycles. The maximum Gasteiger partial charge on any atom is 0.242 e. The summed E-state index contributed by atoms with van der Waals surface area (Å²) in [7, 11) is 0. The summed E-state index contributed by atoms with van der Waals surface area (Å²) in [6, 6.07) is 12.3. The molecule has 0 unspecified atom stereocenters. The molecule has 0 spiro atoms. The van der Waals surface area contributed by atoms with Crippen LogP contribution in [0, 0.1) is 6.92 Å². The van der Waals surface area contributed by atoms with E-state index in [1.54, 1.807) is 0 Å². The first-order chi connectivity index (χ1) is 14.7. The van der Waals surface area contributed by atoms with Crippen LogP contribution in [0.25, 0.3) is 10.9 Å². The number of rotatable bonds is 4. The summed E-state index contributed by atoms with van der Waals surface area (Å²) in [5.74, 6) is 1.99. The van der Waals surface area contributed by atoms with Gasteiger partial charge in [-0.25, -0.2) is 4.98 Å². The van der Waals surface area contributed by atoms with Crippen LogP contribution in [0.4, 0.5) is 11.8 Å². The number of carbonyl (C=O) groups is 1. The van der Waals surface area contributed by atoms with Crippen molar-refractivity contribution in [2.75, 3.05) is 49.1 Å². The second kappa shape index (κ2) is 7.97. The third-order valence-electron chi connectivity index (χ3n) is 6.16. The van der Waals surface area contributed by atoms with Crippen LogP contribution in [0.5, 0.6) is 0 Å². The highest BCUT2D eigenvalue weighted by atomic mass is 16.2. The zero-order chi connectivity index (χ0) is 20.5. The Hall–Kier alpha value is -3.09. The van der Waals surface area contributed by atoms with E-state index in [1.165, 1.54) is 18.2 Å². The first kappa shape index (κ1) is 18.9. The van der Waals surface area contributed by atoms with Crippen molar-refractivity contribution in [1.29, 1.82) is 0 Å². The number of amides is 1. The molecular weight excluding hydrogens is 376 g/mol. The Labute approximate surface area is 176 Å². The minimum atomic E-state index is 0.166. The number of piperazine rings is 1. The van der Waals surface area contributed by atoms with E-state index in [2.05, 4.69) is 39.0 Å². The summed E-state index contributed by atoms with van der Waals surface area (Å²) in [6.07, 6.45) is 4.46. The van der Waals surface area contributed by atoms with Gasteiger partial charge in [-0.05, 0) is 37.3 Å². The average Bonchev–Trinajstić information content (AvgIpc) is 3.44. The maximum absolute atomic E-state index is 12.9. The fourth-order valence-electron chi connectivity index (χ4n) is 4.47. The highest BCUT2D eigenvalue weighted by molar-refractivity contribution is 5.83. The Morgan fingerprint density at radius 2 is 1.70 bits per heavy atom. The molecule has 30 heavy (non-hydrogen) atoms. The molecule has 0 radical (unpaired) electrons. The molecule has 2 saturated heterocycles. The number of aromatic nitrogens is 3. The molecule has 1 aromatic carbocycles. The van der Waals surface area contributed by atoms with Crippen LogP contribution in [-0.4, -0.2) is 64.6 Å². The molecule has 156 valence electrons. The van der Waals surface area contributed by atoms with E-state index in [4.69, 9.17) is 4.98 Å². The fourth-order valence-corrected chi connectivity index (χ4v) is 4.47. The van der Waals surface area contributed by atoms with Gasteiger partial charge in [-0.15, -0.1) is 0 Å². The highest BCUT2D eigenvalue weighted by Gasteiger charge is 2.24. The van der Waals surface area contributed by atoms with Gasteiger partial charge in [0.05, 0.1) is 0 Å². The Morgan fingerprint density at radius 3 is 2.50 bits per heavy atom. The van der Waals surface area contributed by atoms with Crippen LogP contribution < -0.4 is 9.80 Å². The van der Waals surface area contributed by atoms with E-state index in [-0.39, 0.29) is 5.91 Å². The van der Waals surface area contributed by atoms with Gasteiger partial charge in [-0.3, -0.25) is 4.79 Å². The number of aryl methyl sites for hydroxylation is 1. The van der Waals surface area contributed by atoms with Gasteiger partial charge in [0.25, 0.3) is 0 Å². The standard InChI is InChI=1S/C23H28N6O/c1-18-16-21(26-9-4-5-10-26)25-23(24-18)28-14-12-27(13-15-28)22(30)17-29-11-8-19-6-2-3-7-20(19)29/h2-3,6-8,11,16H,4-5,9-10,12-15,17H2,1H3. The lowest BCUT2D eigenvalue weighted by molar-refractivity contribution is -0.132. The van der Waals surface area contributed by atoms with Gasteiger partial charge in [0.1, 0.15) is 12.4 Å². The number of hydrogen-bond acceptors (Lipinski definition) is 5. The molecular formula is C23H28N6O. The molecule has 2 fully saturated rings. The van der Waals surface area contributed by atoms with Gasteiger partial charge in [0, 0.05) is 62.7 Å². The van der Waals surface area contributed by atoms with Gasteiger partial charge in [0.15, 0.2) is 0 Å². The lowest BCUT2D eigenvalue weighted by Gasteiger charge is -2.35. The monoisotopic (exact) mass is 404 g/mol. The fraction of sp³-hybridized carbons (Fsp3) is 0.435. The first-order valence-electron chi connectivity index (χ1n) is 10.8. The molecule has 5 rings (SSSR count). The molecule has 0 aliphatic carbocycles. The predicted octanol–water partition coefficient (Wildman–Crippen LogP) is 2.69. The summed E-state index contributed by atoms with van der Waals surface area (Å²) < 4.78 is 2.04. The number of hydrogen-bond donors (Lipinski definition) is 0. The summed E-state index contributed by atoms with van der Waals surface area (Å²) in [6.45, 7) is 7.50. The number of fused-ring (bicyclic) bond motifs is 1. The molecule has 2 aromatic heterocycles. The Balaban J connectivity index is 1.23. The number of para-hydroxylation sites is 1. The zero-order valence-electron chi connectivity index (χ0n) is 17.5. The van der Waals surface area contributed by atoms with E-state index in [1.807, 2.05) is 34.7 Å². The topological polar surface area (TPSA) is 57.5 Å². The quantitative estimate of drug-likeness (QED) is 0.669. The van der Waals surface area contributed by atoms with Gasteiger partial charge in [-0.2, -0.15) is 4.98 Å². The Kier molecular flexibility index (Phi) is 5.02. The molecule has 7 nitrogen and oxygen atoms in total. The van der Waals surface area contributed by atoms with Crippen molar-refractivity contribution in [1.82, 2.24) is 19.4 Å². The van der Waals surface area contributed by atoms with Crippen molar-refractivity contribution in [3.8, 4) is 0 Å². The normalized spacial score (nSPS) is 17.2. The predicted molar refractivity (Wildman–Crippen MR) is 119 cm³/mol. The van der Waals surface area contributed by atoms with Crippen LogP contribution >= 0.6 is 0 Å². The summed E-state index contributed by atoms with van der Waals surface area (Å²) in [5.41, 5.74) is 2.10. The Bertz CT molecular complexity index is 1050. The molecule has 0 atom stereocenters. The number of carbonyl (C=O) groups excluding carboxylic acids is 1. The van der Waals surface area contributed by atoms with Crippen molar-refractivity contribution < 1.29 is 4.79 Å². The highest BCUT2D eigenvalue weighted by Crippen LogP contribution is 2.22. The number of nitrogens with zero attached hydrogens (tertiary/aromatic N) is 6. The van der Waals surface area contributed by atoms with Crippen LogP contribution in [0.1, 0.15) is 18.5 Å². The van der Waals surface area contributed by atoms with Crippen molar-refractivity contribution in [3.63, 3.8) is 0 Å². The van der Waals surface area contributed by atoms with Crippen LogP contribution in [0.2, 0.25) is 0 Å². The molecule has 1 amide bonds. The Morgan fingerprint density at radius 1 is 0.933 bits per heavy atom. The van der Waals surface area contributed by atoms with Crippen LogP contribution in [-0.2, 0) is 11.3 Å². The lowest BCUT2D eigenvalue weighted by Crippen LogP contribution is -2.50.